The standard InChI is InChI=1S/C22H27NO2/c1-14-8-9-15(2)21(12-14)25-17(4)22(24)23-16(3)19-11-10-18-6-5-7-20(18)13-19/h8-13,16-17H,5-7H2,1-4H3,(H,23,24)/t16-,17-/m1/s1. The second-order valence-electron chi connectivity index (χ2n) is 7.14. The predicted molar refractivity (Wildman–Crippen MR) is 101 cm³/mol. The topological polar surface area (TPSA) is 38.3 Å². The van der Waals surface area contributed by atoms with Crippen molar-refractivity contribution in [1.29, 1.82) is 0 Å². The first-order valence-corrected chi connectivity index (χ1v) is 9.10. The van der Waals surface area contributed by atoms with Crippen molar-refractivity contribution in [3.05, 3.63) is 64.2 Å². The van der Waals surface area contributed by atoms with Crippen molar-refractivity contribution in [2.24, 2.45) is 0 Å². The molecule has 1 amide bonds. The van der Waals surface area contributed by atoms with Gasteiger partial charge in [-0.1, -0.05) is 30.3 Å². The summed E-state index contributed by atoms with van der Waals surface area (Å²) in [6.45, 7) is 7.84. The lowest BCUT2D eigenvalue weighted by Crippen LogP contribution is -2.37. The van der Waals surface area contributed by atoms with Crippen molar-refractivity contribution >= 4 is 5.91 Å². The first kappa shape index (κ1) is 17.5. The maximum absolute atomic E-state index is 12.5. The minimum atomic E-state index is -0.530. The van der Waals surface area contributed by atoms with Gasteiger partial charge in [-0.05, 0) is 80.8 Å². The Hall–Kier alpha value is -2.29. The van der Waals surface area contributed by atoms with Gasteiger partial charge in [0.15, 0.2) is 6.10 Å². The molecule has 0 unspecified atom stereocenters. The molecule has 0 spiro atoms. The molecule has 1 aliphatic carbocycles. The molecular formula is C22H27NO2. The third kappa shape index (κ3) is 4.04. The summed E-state index contributed by atoms with van der Waals surface area (Å²) < 4.78 is 5.89. The fraction of sp³-hybridized carbons (Fsp3) is 0.409. The van der Waals surface area contributed by atoms with Crippen LogP contribution in [-0.2, 0) is 17.6 Å². The molecule has 2 aromatic rings. The summed E-state index contributed by atoms with van der Waals surface area (Å²) in [6, 6.07) is 12.6. The monoisotopic (exact) mass is 337 g/mol. The number of carbonyl (C=O) groups is 1. The molecule has 2 atom stereocenters. The maximum Gasteiger partial charge on any atom is 0.261 e. The number of benzene rings is 2. The molecule has 0 saturated carbocycles. The minimum Gasteiger partial charge on any atom is -0.481 e. The van der Waals surface area contributed by atoms with Gasteiger partial charge in [-0.3, -0.25) is 4.79 Å². The van der Waals surface area contributed by atoms with Crippen LogP contribution in [0.5, 0.6) is 5.75 Å². The molecule has 1 aliphatic rings. The van der Waals surface area contributed by atoms with Crippen LogP contribution in [0.3, 0.4) is 0 Å². The molecule has 3 rings (SSSR count). The fourth-order valence-corrected chi connectivity index (χ4v) is 3.35. The number of aryl methyl sites for hydroxylation is 4. The van der Waals surface area contributed by atoms with Crippen LogP contribution in [0.25, 0.3) is 0 Å². The second kappa shape index (κ2) is 7.30. The Bertz CT molecular complexity index is 782. The Morgan fingerprint density at radius 2 is 1.80 bits per heavy atom. The SMILES string of the molecule is Cc1ccc(C)c(O[C@H](C)C(=O)N[C@H](C)c2ccc3c(c2)CCC3)c1. The molecule has 132 valence electrons. The van der Waals surface area contributed by atoms with E-state index in [1.165, 1.54) is 24.0 Å². The Morgan fingerprint density at radius 3 is 2.60 bits per heavy atom. The van der Waals surface area contributed by atoms with Gasteiger partial charge in [0, 0.05) is 0 Å². The molecular weight excluding hydrogens is 310 g/mol. The number of hydrogen-bond donors (Lipinski definition) is 1. The Morgan fingerprint density at radius 1 is 1.04 bits per heavy atom. The van der Waals surface area contributed by atoms with Crippen molar-refractivity contribution < 1.29 is 9.53 Å². The largest absolute Gasteiger partial charge is 0.481 e. The summed E-state index contributed by atoms with van der Waals surface area (Å²) in [5.74, 6) is 0.682. The molecule has 0 fully saturated rings. The maximum atomic E-state index is 12.5. The van der Waals surface area contributed by atoms with E-state index >= 15 is 0 Å². The van der Waals surface area contributed by atoms with Gasteiger partial charge in [0.2, 0.25) is 0 Å². The minimum absolute atomic E-state index is 0.0249. The van der Waals surface area contributed by atoms with E-state index in [1.54, 1.807) is 6.92 Å². The van der Waals surface area contributed by atoms with Gasteiger partial charge >= 0.3 is 0 Å². The lowest BCUT2D eigenvalue weighted by atomic mass is 10.0. The number of nitrogens with one attached hydrogen (secondary N) is 1. The number of carbonyl (C=O) groups excluding carboxylic acids is 1. The summed E-state index contributed by atoms with van der Waals surface area (Å²) in [5, 5.41) is 3.08. The summed E-state index contributed by atoms with van der Waals surface area (Å²) in [6.07, 6.45) is 3.03. The zero-order valence-electron chi connectivity index (χ0n) is 15.6. The van der Waals surface area contributed by atoms with Crippen molar-refractivity contribution in [2.45, 2.75) is 59.1 Å². The summed E-state index contributed by atoms with van der Waals surface area (Å²) in [5.41, 5.74) is 6.21. The fourth-order valence-electron chi connectivity index (χ4n) is 3.35. The highest BCUT2D eigenvalue weighted by atomic mass is 16.5. The first-order chi connectivity index (χ1) is 11.9. The number of ether oxygens (including phenoxy) is 1. The molecule has 0 heterocycles. The van der Waals surface area contributed by atoms with E-state index in [0.29, 0.717) is 0 Å². The normalized spacial score (nSPS) is 15.4. The van der Waals surface area contributed by atoms with Crippen LogP contribution in [0.1, 0.15) is 54.1 Å². The van der Waals surface area contributed by atoms with Crippen LogP contribution >= 0.6 is 0 Å². The van der Waals surface area contributed by atoms with E-state index < -0.39 is 6.10 Å². The molecule has 1 N–H and O–H groups in total. The number of fused-ring (bicyclic) bond motifs is 1. The molecule has 0 aliphatic heterocycles. The lowest BCUT2D eigenvalue weighted by molar-refractivity contribution is -0.127. The van der Waals surface area contributed by atoms with E-state index in [-0.39, 0.29) is 11.9 Å². The average molecular weight is 337 g/mol. The van der Waals surface area contributed by atoms with Gasteiger partial charge < -0.3 is 10.1 Å². The van der Waals surface area contributed by atoms with Crippen LogP contribution in [0.4, 0.5) is 0 Å². The van der Waals surface area contributed by atoms with Crippen LogP contribution < -0.4 is 10.1 Å². The first-order valence-electron chi connectivity index (χ1n) is 9.10. The lowest BCUT2D eigenvalue weighted by Gasteiger charge is -2.20. The van der Waals surface area contributed by atoms with Crippen LogP contribution in [-0.4, -0.2) is 12.0 Å². The van der Waals surface area contributed by atoms with E-state index in [0.717, 1.165) is 28.9 Å². The smallest absolute Gasteiger partial charge is 0.261 e. The second-order valence-corrected chi connectivity index (χ2v) is 7.14. The van der Waals surface area contributed by atoms with E-state index in [9.17, 15) is 4.79 Å². The molecule has 25 heavy (non-hydrogen) atoms. The Balaban J connectivity index is 1.63. The van der Waals surface area contributed by atoms with E-state index in [1.807, 2.05) is 39.0 Å². The van der Waals surface area contributed by atoms with Crippen LogP contribution in [0, 0.1) is 13.8 Å². The molecule has 0 radical (unpaired) electrons. The predicted octanol–water partition coefficient (Wildman–Crippen LogP) is 4.44. The van der Waals surface area contributed by atoms with Crippen molar-refractivity contribution in [2.75, 3.05) is 0 Å². The molecule has 0 aromatic heterocycles. The van der Waals surface area contributed by atoms with Crippen molar-refractivity contribution in [1.82, 2.24) is 5.32 Å². The Kier molecular flexibility index (Phi) is 5.12. The van der Waals surface area contributed by atoms with Gasteiger partial charge in [0.1, 0.15) is 5.75 Å². The molecule has 0 saturated heterocycles. The highest BCUT2D eigenvalue weighted by molar-refractivity contribution is 5.81. The summed E-state index contributed by atoms with van der Waals surface area (Å²) >= 11 is 0. The highest BCUT2D eigenvalue weighted by Crippen LogP contribution is 2.25. The zero-order chi connectivity index (χ0) is 18.0. The molecule has 3 nitrogen and oxygen atoms in total. The highest BCUT2D eigenvalue weighted by Gasteiger charge is 2.20. The summed E-state index contributed by atoms with van der Waals surface area (Å²) in [4.78, 5) is 12.5. The van der Waals surface area contributed by atoms with E-state index in [4.69, 9.17) is 4.74 Å². The molecule has 0 bridgehead atoms. The van der Waals surface area contributed by atoms with Crippen LogP contribution in [0.2, 0.25) is 0 Å². The van der Waals surface area contributed by atoms with Crippen LogP contribution in [0.15, 0.2) is 36.4 Å². The number of rotatable bonds is 5. The zero-order valence-corrected chi connectivity index (χ0v) is 15.6. The third-order valence-electron chi connectivity index (χ3n) is 5.00. The van der Waals surface area contributed by atoms with Gasteiger partial charge in [-0.25, -0.2) is 0 Å². The van der Waals surface area contributed by atoms with Gasteiger partial charge in [-0.2, -0.15) is 0 Å². The number of hydrogen-bond acceptors (Lipinski definition) is 2. The average Bonchev–Trinajstić information content (AvgIpc) is 3.05. The quantitative estimate of drug-likeness (QED) is 0.876. The Labute approximate surface area is 150 Å². The van der Waals surface area contributed by atoms with Crippen molar-refractivity contribution in [3.8, 4) is 5.75 Å². The molecule has 2 aromatic carbocycles. The van der Waals surface area contributed by atoms with E-state index in [2.05, 4.69) is 23.5 Å². The summed E-state index contributed by atoms with van der Waals surface area (Å²) in [7, 11) is 0. The third-order valence-corrected chi connectivity index (χ3v) is 5.00. The van der Waals surface area contributed by atoms with Crippen molar-refractivity contribution in [3.63, 3.8) is 0 Å². The molecule has 3 heteroatoms. The number of amides is 1. The van der Waals surface area contributed by atoms with Gasteiger partial charge in [-0.15, -0.1) is 0 Å². The van der Waals surface area contributed by atoms with Gasteiger partial charge in [0.25, 0.3) is 5.91 Å². The van der Waals surface area contributed by atoms with Gasteiger partial charge in [0.05, 0.1) is 6.04 Å².